The second-order valence-corrected chi connectivity index (χ2v) is 4.33. The molecule has 1 fully saturated rings. The molecule has 0 aliphatic heterocycles. The molecule has 0 bridgehead atoms. The second kappa shape index (κ2) is 3.74. The lowest BCUT2D eigenvalue weighted by Gasteiger charge is -2.11. The third-order valence-corrected chi connectivity index (χ3v) is 2.86. The van der Waals surface area contributed by atoms with E-state index in [1.807, 2.05) is 0 Å². The van der Waals surface area contributed by atoms with Gasteiger partial charge >= 0.3 is 0 Å². The monoisotopic (exact) mass is 189 g/mol. The van der Waals surface area contributed by atoms with E-state index >= 15 is 0 Å². The van der Waals surface area contributed by atoms with Gasteiger partial charge in [-0.1, -0.05) is 23.8 Å². The average Bonchev–Trinajstić information content (AvgIpc) is 2.98. The number of aliphatic hydroxyl groups is 1. The highest BCUT2D eigenvalue weighted by Gasteiger charge is 2.24. The van der Waals surface area contributed by atoms with Crippen molar-refractivity contribution in [3.05, 3.63) is 41.8 Å². The van der Waals surface area contributed by atoms with Crippen LogP contribution in [0.3, 0.4) is 0 Å². The maximum absolute atomic E-state index is 9.06. The van der Waals surface area contributed by atoms with Gasteiger partial charge in [-0.05, 0) is 43.7 Å². The van der Waals surface area contributed by atoms with Gasteiger partial charge in [-0.3, -0.25) is 0 Å². The van der Waals surface area contributed by atoms with Crippen molar-refractivity contribution in [1.82, 2.24) is 0 Å². The van der Waals surface area contributed by atoms with Crippen LogP contribution in [-0.4, -0.2) is 11.7 Å². The Hall–Kier alpha value is -0.820. The highest BCUT2D eigenvalue weighted by atomic mass is 16.3. The van der Waals surface area contributed by atoms with Crippen LogP contribution in [-0.2, 0) is 0 Å². The molecule has 2 rings (SSSR count). The number of aliphatic hydroxyl groups excluding tert-OH is 1. The third-order valence-electron chi connectivity index (χ3n) is 2.86. The van der Waals surface area contributed by atoms with Gasteiger partial charge in [-0.25, -0.2) is 0 Å². The lowest BCUT2D eigenvalue weighted by Crippen LogP contribution is -2.00. The van der Waals surface area contributed by atoms with Gasteiger partial charge in [0.25, 0.3) is 0 Å². The lowest BCUT2D eigenvalue weighted by molar-refractivity contribution is 0.282. The number of benzene rings is 1. The molecule has 0 aromatic heterocycles. The van der Waals surface area contributed by atoms with Crippen LogP contribution in [0.15, 0.2) is 18.2 Å². The molecule has 1 N–H and O–H groups in total. The van der Waals surface area contributed by atoms with E-state index in [2.05, 4.69) is 32.0 Å². The molecule has 1 unspecified atom stereocenters. The zero-order valence-corrected chi connectivity index (χ0v) is 8.66. The van der Waals surface area contributed by atoms with Crippen LogP contribution in [0, 0.1) is 13.8 Å². The Bertz CT molecular complexity index is 326. The van der Waals surface area contributed by atoms with Gasteiger partial charge < -0.3 is 5.11 Å². The first-order chi connectivity index (χ1) is 6.70. The summed E-state index contributed by atoms with van der Waals surface area (Å²) in [7, 11) is 0. The van der Waals surface area contributed by atoms with Crippen molar-refractivity contribution in [1.29, 1.82) is 0 Å². The van der Waals surface area contributed by atoms with Crippen molar-refractivity contribution in [2.75, 3.05) is 6.61 Å². The summed E-state index contributed by atoms with van der Waals surface area (Å²) in [5.74, 6) is 0.798. The van der Waals surface area contributed by atoms with Crippen molar-refractivity contribution in [2.24, 2.45) is 0 Å². The first-order valence-electron chi connectivity index (χ1n) is 5.26. The molecule has 1 aliphatic rings. The number of hydrogen-bond acceptors (Lipinski definition) is 1. The maximum Gasteiger partial charge on any atom is 0.0499 e. The van der Waals surface area contributed by atoms with Gasteiger partial charge in [-0.15, -0.1) is 0 Å². The topological polar surface area (TPSA) is 20.2 Å². The lowest BCUT2D eigenvalue weighted by atomic mass is 9.96. The van der Waals surface area contributed by atoms with Crippen molar-refractivity contribution >= 4 is 0 Å². The summed E-state index contributed by atoms with van der Waals surface area (Å²) in [6, 6.07) is 6.59. The summed E-state index contributed by atoms with van der Waals surface area (Å²) >= 11 is 0. The zero-order chi connectivity index (χ0) is 10.1. The highest BCUT2D eigenvalue weighted by molar-refractivity contribution is 5.35. The van der Waals surface area contributed by atoms with Crippen molar-refractivity contribution < 1.29 is 5.11 Å². The summed E-state index contributed by atoms with van der Waals surface area (Å²) in [6.07, 6.45) is 2.65. The molecule has 1 aromatic rings. The number of rotatable bonds is 3. The van der Waals surface area contributed by atoms with Crippen LogP contribution < -0.4 is 0 Å². The fourth-order valence-corrected chi connectivity index (χ4v) is 1.84. The zero-order valence-electron chi connectivity index (χ0n) is 8.66. The smallest absolute Gasteiger partial charge is 0.0499 e. The molecule has 75 valence electrons. The van der Waals surface area contributed by atoms with E-state index < -0.39 is 0 Å². The van der Waals surface area contributed by atoms with E-state index in [1.165, 1.54) is 29.5 Å². The summed E-state index contributed by atoms with van der Waals surface area (Å²) in [4.78, 5) is 0. The molecule has 0 amide bonds. The van der Waals surface area contributed by atoms with Gasteiger partial charge in [0, 0.05) is 12.5 Å². The minimum absolute atomic E-state index is 0.0207. The summed E-state index contributed by atoms with van der Waals surface area (Å²) in [6.45, 7) is 6.18. The van der Waals surface area contributed by atoms with Crippen LogP contribution in [0.2, 0.25) is 0 Å². The van der Waals surface area contributed by atoms with Crippen LogP contribution in [0.25, 0.3) is 0 Å². The fraction of sp³-hybridized carbons (Fsp3) is 0.462. The highest BCUT2D eigenvalue weighted by Crippen LogP contribution is 2.41. The minimum atomic E-state index is 0.0207. The largest absolute Gasteiger partial charge is 0.396 e. The van der Waals surface area contributed by atoms with Crippen molar-refractivity contribution in [3.8, 4) is 0 Å². The first kappa shape index (κ1) is 9.72. The Balaban J connectivity index is 2.30. The van der Waals surface area contributed by atoms with Gasteiger partial charge in [-0.2, -0.15) is 0 Å². The molecule has 1 saturated carbocycles. The summed E-state index contributed by atoms with van der Waals surface area (Å²) in [5.41, 5.74) is 3.89. The summed E-state index contributed by atoms with van der Waals surface area (Å²) in [5, 5.41) is 9.06. The van der Waals surface area contributed by atoms with E-state index in [0.717, 1.165) is 5.92 Å². The second-order valence-electron chi connectivity index (χ2n) is 4.33. The third kappa shape index (κ3) is 1.98. The van der Waals surface area contributed by atoms with Crippen LogP contribution in [0.4, 0.5) is 0 Å². The Kier molecular flexibility index (Phi) is 2.60. The molecular weight excluding hydrogens is 172 g/mol. The van der Waals surface area contributed by atoms with Crippen molar-refractivity contribution in [3.63, 3.8) is 0 Å². The quantitative estimate of drug-likeness (QED) is 0.775. The van der Waals surface area contributed by atoms with Gasteiger partial charge in [0.15, 0.2) is 0 Å². The molecule has 1 aromatic carbocycles. The Morgan fingerprint density at radius 3 is 2.71 bits per heavy atom. The van der Waals surface area contributed by atoms with Crippen LogP contribution in [0.1, 0.15) is 41.4 Å². The van der Waals surface area contributed by atoms with Gasteiger partial charge in [0.05, 0.1) is 0 Å². The Morgan fingerprint density at radius 1 is 1.43 bits per heavy atom. The average molecular weight is 189 g/mol. The molecule has 0 saturated heterocycles. The molecule has 1 atom stereocenters. The molecule has 1 radical (unpaired) electrons. The van der Waals surface area contributed by atoms with E-state index in [4.69, 9.17) is 5.11 Å². The maximum atomic E-state index is 9.06. The molecule has 1 nitrogen and oxygen atoms in total. The fourth-order valence-electron chi connectivity index (χ4n) is 1.84. The van der Waals surface area contributed by atoms with Crippen LogP contribution in [0.5, 0.6) is 0 Å². The standard InChI is InChI=1S/C13H17O/c1-9-5-12(10(2)8-14)7-13(6-9)11-3-4-11/h5-7,10-11,14H,2-4,8H2,1H3. The minimum Gasteiger partial charge on any atom is -0.396 e. The van der Waals surface area contributed by atoms with Gasteiger partial charge in [0.1, 0.15) is 0 Å². The molecule has 1 heteroatoms. The van der Waals surface area contributed by atoms with E-state index in [1.54, 1.807) is 0 Å². The van der Waals surface area contributed by atoms with Crippen molar-refractivity contribution in [2.45, 2.75) is 31.6 Å². The predicted octanol–water partition coefficient (Wildman–Crippen LogP) is 2.78. The molecule has 14 heavy (non-hydrogen) atoms. The Morgan fingerprint density at radius 2 is 2.14 bits per heavy atom. The molecule has 0 heterocycles. The first-order valence-corrected chi connectivity index (χ1v) is 5.26. The SMILES string of the molecule is [CH2]C(CO)c1cc(C)cc(C2CC2)c1. The van der Waals surface area contributed by atoms with E-state index in [0.29, 0.717) is 0 Å². The predicted molar refractivity (Wildman–Crippen MR) is 58.3 cm³/mol. The molecular formula is C13H17O. The normalized spacial score (nSPS) is 18.2. The van der Waals surface area contributed by atoms with Gasteiger partial charge in [0.2, 0.25) is 0 Å². The van der Waals surface area contributed by atoms with E-state index in [-0.39, 0.29) is 12.5 Å². The molecule has 1 aliphatic carbocycles. The number of hydrogen-bond donors (Lipinski definition) is 1. The van der Waals surface area contributed by atoms with Crippen LogP contribution >= 0.6 is 0 Å². The number of aryl methyl sites for hydroxylation is 1. The van der Waals surface area contributed by atoms with E-state index in [9.17, 15) is 0 Å². The molecule has 0 spiro atoms. The Labute approximate surface area is 85.8 Å². The summed E-state index contributed by atoms with van der Waals surface area (Å²) < 4.78 is 0.